The number of rotatable bonds is 5. The largest absolute Gasteiger partial charge is 0.451 e. The van der Waals surface area contributed by atoms with Crippen molar-refractivity contribution in [1.29, 1.82) is 5.26 Å². The van der Waals surface area contributed by atoms with Crippen molar-refractivity contribution in [2.75, 3.05) is 25.6 Å². The van der Waals surface area contributed by atoms with Crippen molar-refractivity contribution in [1.82, 2.24) is 4.90 Å². The summed E-state index contributed by atoms with van der Waals surface area (Å²) in [5.74, 6) is -0.990. The van der Waals surface area contributed by atoms with E-state index in [0.717, 1.165) is 30.5 Å². The van der Waals surface area contributed by atoms with Crippen LogP contribution in [0.3, 0.4) is 0 Å². The molecule has 1 fully saturated rings. The SMILES string of the molecule is C[C@@H]1CCC[C@H](C)N1C(=O)COC(=O)/C(C#N)=C/c1ccc(N(C)C)cc1. The molecule has 1 saturated heterocycles. The summed E-state index contributed by atoms with van der Waals surface area (Å²) in [5.41, 5.74) is 1.61. The highest BCUT2D eigenvalue weighted by atomic mass is 16.5. The fourth-order valence-electron chi connectivity index (χ4n) is 3.36. The molecule has 0 aliphatic carbocycles. The van der Waals surface area contributed by atoms with Crippen molar-refractivity contribution < 1.29 is 14.3 Å². The fourth-order valence-corrected chi connectivity index (χ4v) is 3.36. The Morgan fingerprint density at radius 1 is 1.22 bits per heavy atom. The maximum Gasteiger partial charge on any atom is 0.349 e. The summed E-state index contributed by atoms with van der Waals surface area (Å²) in [6.07, 6.45) is 4.48. The smallest absolute Gasteiger partial charge is 0.349 e. The van der Waals surface area contributed by atoms with Crippen LogP contribution in [0.15, 0.2) is 29.8 Å². The Morgan fingerprint density at radius 3 is 2.33 bits per heavy atom. The van der Waals surface area contributed by atoms with Crippen molar-refractivity contribution in [3.63, 3.8) is 0 Å². The van der Waals surface area contributed by atoms with Gasteiger partial charge in [-0.05, 0) is 56.9 Å². The number of nitrogens with zero attached hydrogens (tertiary/aromatic N) is 3. The number of carbonyl (C=O) groups excluding carboxylic acids is 2. The highest BCUT2D eigenvalue weighted by molar-refractivity contribution is 5.98. The standard InChI is InChI=1S/C21H27N3O3/c1-15-6-5-7-16(2)24(15)20(25)14-27-21(26)18(13-22)12-17-8-10-19(11-9-17)23(3)4/h8-12,15-16H,5-7,14H2,1-4H3/b18-12+/t15-,16+. The maximum atomic E-state index is 12.4. The molecular formula is C21H27N3O3. The predicted octanol–water partition coefficient (Wildman–Crippen LogP) is 2.99. The maximum absolute atomic E-state index is 12.4. The molecule has 6 nitrogen and oxygen atoms in total. The number of anilines is 1. The monoisotopic (exact) mass is 369 g/mol. The molecule has 1 aromatic rings. The Balaban J connectivity index is 2.00. The second kappa shape index (κ2) is 9.22. The average Bonchev–Trinajstić information content (AvgIpc) is 2.64. The van der Waals surface area contributed by atoms with Crippen molar-refractivity contribution in [2.45, 2.75) is 45.2 Å². The zero-order chi connectivity index (χ0) is 20.0. The fraction of sp³-hybridized carbons (Fsp3) is 0.476. The first kappa shape index (κ1) is 20.5. The zero-order valence-electron chi connectivity index (χ0n) is 16.4. The average molecular weight is 369 g/mol. The molecule has 27 heavy (non-hydrogen) atoms. The predicted molar refractivity (Wildman–Crippen MR) is 105 cm³/mol. The Morgan fingerprint density at radius 2 is 1.81 bits per heavy atom. The summed E-state index contributed by atoms with van der Waals surface area (Å²) in [6, 6.07) is 9.58. The van der Waals surface area contributed by atoms with E-state index in [0.29, 0.717) is 0 Å². The van der Waals surface area contributed by atoms with Crippen LogP contribution in [0.5, 0.6) is 0 Å². The molecule has 1 aliphatic heterocycles. The minimum Gasteiger partial charge on any atom is -0.451 e. The van der Waals surface area contributed by atoms with E-state index in [2.05, 4.69) is 0 Å². The Bertz CT molecular complexity index is 737. The van der Waals surface area contributed by atoms with Gasteiger partial charge in [0.2, 0.25) is 0 Å². The Labute approximate surface area is 161 Å². The second-order valence-corrected chi connectivity index (χ2v) is 7.16. The van der Waals surface area contributed by atoms with Gasteiger partial charge in [0, 0.05) is 31.9 Å². The molecule has 2 atom stereocenters. The highest BCUT2D eigenvalue weighted by Gasteiger charge is 2.29. The van der Waals surface area contributed by atoms with E-state index in [1.54, 1.807) is 4.90 Å². The summed E-state index contributed by atoms with van der Waals surface area (Å²) >= 11 is 0. The number of hydrogen-bond acceptors (Lipinski definition) is 5. The normalized spacial score (nSPS) is 20.0. The number of likely N-dealkylation sites (tertiary alicyclic amines) is 1. The lowest BCUT2D eigenvalue weighted by atomic mass is 9.97. The lowest BCUT2D eigenvalue weighted by molar-refractivity contribution is -0.151. The summed E-state index contributed by atoms with van der Waals surface area (Å²) in [4.78, 5) is 28.4. The van der Waals surface area contributed by atoms with Crippen LogP contribution in [-0.4, -0.2) is 49.6 Å². The van der Waals surface area contributed by atoms with E-state index < -0.39 is 5.97 Å². The Kier molecular flexibility index (Phi) is 7.00. The lowest BCUT2D eigenvalue weighted by Gasteiger charge is -2.38. The van der Waals surface area contributed by atoms with E-state index in [9.17, 15) is 14.9 Å². The molecule has 2 rings (SSSR count). The van der Waals surface area contributed by atoms with Gasteiger partial charge in [0.1, 0.15) is 11.6 Å². The minimum absolute atomic E-state index is 0.125. The first-order valence-corrected chi connectivity index (χ1v) is 9.21. The highest BCUT2D eigenvalue weighted by Crippen LogP contribution is 2.22. The first-order chi connectivity index (χ1) is 12.8. The molecule has 0 unspecified atom stereocenters. The number of piperidine rings is 1. The first-order valence-electron chi connectivity index (χ1n) is 9.21. The summed E-state index contributed by atoms with van der Waals surface area (Å²) < 4.78 is 5.11. The van der Waals surface area contributed by atoms with Crippen LogP contribution in [0.1, 0.15) is 38.7 Å². The lowest BCUT2D eigenvalue weighted by Crippen LogP contribution is -2.49. The van der Waals surface area contributed by atoms with Crippen molar-refractivity contribution in [2.24, 2.45) is 0 Å². The molecule has 1 heterocycles. The van der Waals surface area contributed by atoms with Crippen LogP contribution in [0.4, 0.5) is 5.69 Å². The van der Waals surface area contributed by atoms with E-state index in [-0.39, 0.29) is 30.2 Å². The molecule has 0 aromatic heterocycles. The molecule has 1 amide bonds. The third-order valence-electron chi connectivity index (χ3n) is 4.87. The second-order valence-electron chi connectivity index (χ2n) is 7.16. The number of ether oxygens (including phenoxy) is 1. The summed E-state index contributed by atoms with van der Waals surface area (Å²) in [5, 5.41) is 9.28. The molecule has 144 valence electrons. The van der Waals surface area contributed by atoms with Gasteiger partial charge in [0.05, 0.1) is 0 Å². The van der Waals surface area contributed by atoms with Crippen molar-refractivity contribution in [3.8, 4) is 6.07 Å². The van der Waals surface area contributed by atoms with Gasteiger partial charge in [-0.3, -0.25) is 4.79 Å². The number of nitriles is 1. The molecule has 0 bridgehead atoms. The molecule has 6 heteroatoms. The van der Waals surface area contributed by atoms with E-state index in [4.69, 9.17) is 4.74 Å². The van der Waals surface area contributed by atoms with Gasteiger partial charge in [-0.1, -0.05) is 12.1 Å². The van der Waals surface area contributed by atoms with E-state index in [1.807, 2.05) is 63.2 Å². The minimum atomic E-state index is -0.778. The number of benzene rings is 1. The van der Waals surface area contributed by atoms with Gasteiger partial charge < -0.3 is 14.5 Å². The molecule has 0 N–H and O–H groups in total. The Hall–Kier alpha value is -2.81. The van der Waals surface area contributed by atoms with Gasteiger partial charge in [-0.25, -0.2) is 4.79 Å². The van der Waals surface area contributed by atoms with E-state index in [1.165, 1.54) is 6.08 Å². The van der Waals surface area contributed by atoms with Crippen molar-refractivity contribution in [3.05, 3.63) is 35.4 Å². The third-order valence-corrected chi connectivity index (χ3v) is 4.87. The molecular weight excluding hydrogens is 342 g/mol. The van der Waals surface area contributed by atoms with Crippen LogP contribution >= 0.6 is 0 Å². The number of hydrogen-bond donors (Lipinski definition) is 0. The van der Waals surface area contributed by atoms with Gasteiger partial charge in [-0.2, -0.15) is 5.26 Å². The zero-order valence-corrected chi connectivity index (χ0v) is 16.4. The number of amides is 1. The molecule has 0 saturated carbocycles. The van der Waals surface area contributed by atoms with Gasteiger partial charge in [0.25, 0.3) is 5.91 Å². The topological polar surface area (TPSA) is 73.6 Å². The van der Waals surface area contributed by atoms with Crippen LogP contribution < -0.4 is 4.90 Å². The quantitative estimate of drug-likeness (QED) is 0.453. The van der Waals surface area contributed by atoms with Crippen LogP contribution in [0.25, 0.3) is 6.08 Å². The molecule has 0 radical (unpaired) electrons. The molecule has 0 spiro atoms. The number of esters is 1. The van der Waals surface area contributed by atoms with Crippen LogP contribution in [0, 0.1) is 11.3 Å². The number of carbonyl (C=O) groups is 2. The van der Waals surface area contributed by atoms with Crippen LogP contribution in [-0.2, 0) is 14.3 Å². The van der Waals surface area contributed by atoms with Gasteiger partial charge in [-0.15, -0.1) is 0 Å². The molecule has 1 aromatic carbocycles. The van der Waals surface area contributed by atoms with E-state index >= 15 is 0 Å². The summed E-state index contributed by atoms with van der Waals surface area (Å²) in [6.45, 7) is 3.67. The van der Waals surface area contributed by atoms with Crippen LogP contribution in [0.2, 0.25) is 0 Å². The van der Waals surface area contributed by atoms with Gasteiger partial charge in [0.15, 0.2) is 6.61 Å². The molecule has 1 aliphatic rings. The summed E-state index contributed by atoms with van der Waals surface area (Å²) in [7, 11) is 3.87. The third kappa shape index (κ3) is 5.33. The van der Waals surface area contributed by atoms with Gasteiger partial charge >= 0.3 is 5.97 Å². The van der Waals surface area contributed by atoms with Crippen molar-refractivity contribution >= 4 is 23.6 Å².